The highest BCUT2D eigenvalue weighted by Crippen LogP contribution is 2.28. The topological polar surface area (TPSA) is 55.8 Å². The normalized spacial score (nSPS) is 17.7. The number of likely N-dealkylation sites (tertiary alicyclic amines) is 1. The number of halogens is 2. The Morgan fingerprint density at radius 1 is 1.48 bits per heavy atom. The van der Waals surface area contributed by atoms with Gasteiger partial charge in [-0.25, -0.2) is 0 Å². The summed E-state index contributed by atoms with van der Waals surface area (Å²) in [5, 5.41) is 0.436. The predicted octanol–water partition coefficient (Wildman–Crippen LogP) is 2.50. The van der Waals surface area contributed by atoms with E-state index in [1.165, 1.54) is 7.11 Å². The summed E-state index contributed by atoms with van der Waals surface area (Å²) in [5.41, 5.74) is 0. The Labute approximate surface area is 136 Å². The molecule has 1 fully saturated rings. The summed E-state index contributed by atoms with van der Waals surface area (Å²) in [5.74, 6) is -0.227. The first-order valence-corrected chi connectivity index (χ1v) is 7.62. The zero-order valence-electron chi connectivity index (χ0n) is 11.5. The van der Waals surface area contributed by atoms with Crippen molar-refractivity contribution in [2.45, 2.75) is 6.42 Å². The minimum absolute atomic E-state index is 0.102. The van der Waals surface area contributed by atoms with Crippen LogP contribution in [-0.4, -0.2) is 43.6 Å². The highest BCUT2D eigenvalue weighted by Gasteiger charge is 2.31. The lowest BCUT2D eigenvalue weighted by molar-refractivity contribution is -0.145. The van der Waals surface area contributed by atoms with Gasteiger partial charge in [-0.05, 0) is 24.6 Å². The summed E-state index contributed by atoms with van der Waals surface area (Å²) in [6.07, 6.45) is 0.622. The lowest BCUT2D eigenvalue weighted by Gasteiger charge is -2.16. The molecule has 1 amide bonds. The quantitative estimate of drug-likeness (QED) is 0.758. The molecule has 0 bridgehead atoms. The van der Waals surface area contributed by atoms with Crippen LogP contribution < -0.4 is 4.74 Å². The monoisotopic (exact) mass is 375 g/mol. The molecule has 0 radical (unpaired) electrons. The number of benzene rings is 1. The fourth-order valence-corrected chi connectivity index (χ4v) is 2.90. The predicted molar refractivity (Wildman–Crippen MR) is 81.4 cm³/mol. The molecule has 21 heavy (non-hydrogen) atoms. The van der Waals surface area contributed by atoms with Crippen molar-refractivity contribution in [1.29, 1.82) is 0 Å². The van der Waals surface area contributed by atoms with E-state index in [1.54, 1.807) is 23.1 Å². The first-order chi connectivity index (χ1) is 10.0. The zero-order valence-corrected chi connectivity index (χ0v) is 13.8. The number of hydrogen-bond acceptors (Lipinski definition) is 4. The van der Waals surface area contributed by atoms with Crippen LogP contribution in [0, 0.1) is 5.92 Å². The van der Waals surface area contributed by atoms with Crippen LogP contribution in [0.25, 0.3) is 0 Å². The molecule has 1 aromatic rings. The Kier molecular flexibility index (Phi) is 5.47. The molecule has 1 aliphatic rings. The van der Waals surface area contributed by atoms with Gasteiger partial charge in [-0.15, -0.1) is 0 Å². The summed E-state index contributed by atoms with van der Waals surface area (Å²) >= 11 is 9.31. The molecule has 0 aromatic heterocycles. The van der Waals surface area contributed by atoms with Gasteiger partial charge in [0.15, 0.2) is 6.61 Å². The number of methoxy groups -OCH3 is 1. The maximum atomic E-state index is 12.0. The number of carbonyl (C=O) groups is 2. The average molecular weight is 377 g/mol. The van der Waals surface area contributed by atoms with E-state index in [9.17, 15) is 9.59 Å². The van der Waals surface area contributed by atoms with E-state index < -0.39 is 0 Å². The molecule has 1 atom stereocenters. The van der Waals surface area contributed by atoms with Crippen LogP contribution in [0.5, 0.6) is 5.75 Å². The van der Waals surface area contributed by atoms with Gasteiger partial charge in [0.25, 0.3) is 5.91 Å². The third-order valence-electron chi connectivity index (χ3n) is 3.32. The maximum Gasteiger partial charge on any atom is 0.310 e. The van der Waals surface area contributed by atoms with Crippen molar-refractivity contribution in [2.24, 2.45) is 5.92 Å². The van der Waals surface area contributed by atoms with Gasteiger partial charge in [0, 0.05) is 17.6 Å². The van der Waals surface area contributed by atoms with Crippen molar-refractivity contribution in [3.05, 3.63) is 27.7 Å². The van der Waals surface area contributed by atoms with Crippen LogP contribution in [0.1, 0.15) is 6.42 Å². The Balaban J connectivity index is 1.87. The third kappa shape index (κ3) is 4.11. The molecule has 2 rings (SSSR count). The van der Waals surface area contributed by atoms with Crippen molar-refractivity contribution in [3.63, 3.8) is 0 Å². The SMILES string of the molecule is COC(=O)C1CCN(C(=O)COc2ccc(Br)cc2Cl)C1. The van der Waals surface area contributed by atoms with Gasteiger partial charge < -0.3 is 14.4 Å². The van der Waals surface area contributed by atoms with Crippen LogP contribution in [0.4, 0.5) is 0 Å². The number of rotatable bonds is 4. The van der Waals surface area contributed by atoms with E-state index in [0.717, 1.165) is 4.47 Å². The smallest absolute Gasteiger partial charge is 0.310 e. The van der Waals surface area contributed by atoms with E-state index in [1.807, 2.05) is 0 Å². The Hall–Kier alpha value is -1.27. The molecule has 1 heterocycles. The van der Waals surface area contributed by atoms with E-state index >= 15 is 0 Å². The minimum Gasteiger partial charge on any atom is -0.482 e. The summed E-state index contributed by atoms with van der Waals surface area (Å²) in [7, 11) is 1.35. The molecule has 0 spiro atoms. The summed E-state index contributed by atoms with van der Waals surface area (Å²) in [4.78, 5) is 25.1. The van der Waals surface area contributed by atoms with Gasteiger partial charge >= 0.3 is 5.97 Å². The maximum absolute atomic E-state index is 12.0. The van der Waals surface area contributed by atoms with Gasteiger partial charge in [0.1, 0.15) is 5.75 Å². The molecular formula is C14H15BrClNO4. The molecular weight excluding hydrogens is 362 g/mol. The lowest BCUT2D eigenvalue weighted by atomic mass is 10.1. The highest BCUT2D eigenvalue weighted by molar-refractivity contribution is 9.10. The van der Waals surface area contributed by atoms with Gasteiger partial charge in [-0.2, -0.15) is 0 Å². The molecule has 1 aromatic carbocycles. The summed E-state index contributed by atoms with van der Waals surface area (Å²) < 4.78 is 11.0. The Morgan fingerprint density at radius 2 is 2.24 bits per heavy atom. The van der Waals surface area contributed by atoms with Gasteiger partial charge in [0.05, 0.1) is 18.1 Å². The molecule has 1 aliphatic heterocycles. The van der Waals surface area contributed by atoms with E-state index in [0.29, 0.717) is 30.3 Å². The van der Waals surface area contributed by atoms with Crippen LogP contribution in [0.2, 0.25) is 5.02 Å². The van der Waals surface area contributed by atoms with Gasteiger partial charge in [-0.3, -0.25) is 9.59 Å². The number of hydrogen-bond donors (Lipinski definition) is 0. The fraction of sp³-hybridized carbons (Fsp3) is 0.429. The standard InChI is InChI=1S/C14H15BrClNO4/c1-20-14(19)9-4-5-17(7-9)13(18)8-21-12-3-2-10(15)6-11(12)16/h2-3,6,9H,4-5,7-8H2,1H3. The van der Waals surface area contributed by atoms with Crippen molar-refractivity contribution in [3.8, 4) is 5.75 Å². The van der Waals surface area contributed by atoms with Gasteiger partial charge in [-0.1, -0.05) is 27.5 Å². The van der Waals surface area contributed by atoms with Crippen LogP contribution in [-0.2, 0) is 14.3 Å². The van der Waals surface area contributed by atoms with Crippen LogP contribution >= 0.6 is 27.5 Å². The van der Waals surface area contributed by atoms with Crippen LogP contribution in [0.15, 0.2) is 22.7 Å². The van der Waals surface area contributed by atoms with Crippen molar-refractivity contribution < 1.29 is 19.1 Å². The van der Waals surface area contributed by atoms with Crippen molar-refractivity contribution in [1.82, 2.24) is 4.90 Å². The van der Waals surface area contributed by atoms with Gasteiger partial charge in [0.2, 0.25) is 0 Å². The average Bonchev–Trinajstić information content (AvgIpc) is 2.95. The fourth-order valence-electron chi connectivity index (χ4n) is 2.17. The Bertz CT molecular complexity index is 552. The number of amides is 1. The second kappa shape index (κ2) is 7.13. The largest absolute Gasteiger partial charge is 0.482 e. The van der Waals surface area contributed by atoms with Crippen molar-refractivity contribution in [2.75, 3.05) is 26.8 Å². The molecule has 0 saturated carbocycles. The number of nitrogens with zero attached hydrogens (tertiary/aromatic N) is 1. The first-order valence-electron chi connectivity index (χ1n) is 6.44. The number of esters is 1. The second-order valence-electron chi connectivity index (χ2n) is 4.71. The summed E-state index contributed by atoms with van der Waals surface area (Å²) in [6.45, 7) is 0.814. The first kappa shape index (κ1) is 16.1. The highest BCUT2D eigenvalue weighted by atomic mass is 79.9. The lowest BCUT2D eigenvalue weighted by Crippen LogP contribution is -2.34. The third-order valence-corrected chi connectivity index (χ3v) is 4.11. The molecule has 0 aliphatic carbocycles. The van der Waals surface area contributed by atoms with E-state index in [4.69, 9.17) is 16.3 Å². The molecule has 114 valence electrons. The minimum atomic E-state index is -0.276. The number of ether oxygens (including phenoxy) is 2. The second-order valence-corrected chi connectivity index (χ2v) is 6.03. The Morgan fingerprint density at radius 3 is 2.90 bits per heavy atom. The molecule has 1 saturated heterocycles. The van der Waals surface area contributed by atoms with E-state index in [-0.39, 0.29) is 24.4 Å². The molecule has 5 nitrogen and oxygen atoms in total. The van der Waals surface area contributed by atoms with Crippen LogP contribution in [0.3, 0.4) is 0 Å². The summed E-state index contributed by atoms with van der Waals surface area (Å²) in [6, 6.07) is 5.18. The van der Waals surface area contributed by atoms with E-state index in [2.05, 4.69) is 20.7 Å². The zero-order chi connectivity index (χ0) is 15.4. The molecule has 7 heteroatoms. The number of carbonyl (C=O) groups excluding carboxylic acids is 2. The molecule has 1 unspecified atom stereocenters. The molecule has 0 N–H and O–H groups in total. The van der Waals surface area contributed by atoms with Crippen molar-refractivity contribution >= 4 is 39.4 Å².